The molecule has 2 unspecified atom stereocenters. The van der Waals surface area contributed by atoms with Crippen molar-refractivity contribution < 1.29 is 9.90 Å². The molecule has 2 atom stereocenters. The number of carbonyl (C=O) groups is 1. The second-order valence-corrected chi connectivity index (χ2v) is 5.08. The molecule has 0 spiro atoms. The molecule has 0 amide bonds. The maximum Gasteiger partial charge on any atom is 0.317 e. The lowest BCUT2D eigenvalue weighted by Gasteiger charge is -2.36. The Bertz CT molecular complexity index is 430. The molecule has 2 rings (SSSR count). The van der Waals surface area contributed by atoms with Crippen molar-refractivity contribution in [3.05, 3.63) is 35.4 Å². The van der Waals surface area contributed by atoms with Gasteiger partial charge in [0.25, 0.3) is 0 Å². The Balaban J connectivity index is 2.29. The molecule has 0 bridgehead atoms. The summed E-state index contributed by atoms with van der Waals surface area (Å²) in [6.07, 6.45) is 2.19. The monoisotopic (exact) mass is 247 g/mol. The van der Waals surface area contributed by atoms with Gasteiger partial charge in [-0.15, -0.1) is 0 Å². The number of carboxylic acid groups (broad SMARTS) is 1. The van der Waals surface area contributed by atoms with Gasteiger partial charge < -0.3 is 5.11 Å². The molecule has 18 heavy (non-hydrogen) atoms. The van der Waals surface area contributed by atoms with E-state index in [1.807, 2.05) is 6.92 Å². The van der Waals surface area contributed by atoms with Crippen LogP contribution in [0.15, 0.2) is 24.3 Å². The van der Waals surface area contributed by atoms with Crippen LogP contribution in [0.4, 0.5) is 0 Å². The van der Waals surface area contributed by atoms with Crippen LogP contribution in [-0.2, 0) is 4.79 Å². The zero-order valence-electron chi connectivity index (χ0n) is 11.1. The Morgan fingerprint density at radius 3 is 2.61 bits per heavy atom. The SMILES string of the molecule is CCN(CC(=O)O)C1CCC(C)c2ccccc21. The zero-order valence-corrected chi connectivity index (χ0v) is 11.1. The number of rotatable bonds is 4. The molecule has 0 saturated heterocycles. The first-order chi connectivity index (χ1) is 8.63. The third kappa shape index (κ3) is 2.56. The molecule has 1 aliphatic rings. The van der Waals surface area contributed by atoms with Gasteiger partial charge in [0.15, 0.2) is 0 Å². The molecule has 0 radical (unpaired) electrons. The highest BCUT2D eigenvalue weighted by molar-refractivity contribution is 5.69. The normalized spacial score (nSPS) is 22.8. The maximum atomic E-state index is 10.9. The summed E-state index contributed by atoms with van der Waals surface area (Å²) in [6, 6.07) is 8.73. The van der Waals surface area contributed by atoms with Crippen LogP contribution in [-0.4, -0.2) is 29.1 Å². The van der Waals surface area contributed by atoms with E-state index in [1.54, 1.807) is 0 Å². The minimum absolute atomic E-state index is 0.129. The number of carboxylic acids is 1. The Kier molecular flexibility index (Phi) is 4.02. The third-order valence-electron chi connectivity index (χ3n) is 3.94. The Morgan fingerprint density at radius 1 is 1.33 bits per heavy atom. The van der Waals surface area contributed by atoms with Gasteiger partial charge in [0.2, 0.25) is 0 Å². The summed E-state index contributed by atoms with van der Waals surface area (Å²) >= 11 is 0. The number of likely N-dealkylation sites (N-methyl/N-ethyl adjacent to an activating group) is 1. The number of nitrogens with zero attached hydrogens (tertiary/aromatic N) is 1. The number of hydrogen-bond donors (Lipinski definition) is 1. The number of aliphatic carboxylic acids is 1. The van der Waals surface area contributed by atoms with Gasteiger partial charge in [0, 0.05) is 6.04 Å². The topological polar surface area (TPSA) is 40.5 Å². The number of fused-ring (bicyclic) bond motifs is 1. The molecule has 0 aromatic heterocycles. The van der Waals surface area contributed by atoms with E-state index in [4.69, 9.17) is 5.11 Å². The molecule has 0 aliphatic heterocycles. The first kappa shape index (κ1) is 13.1. The van der Waals surface area contributed by atoms with Crippen LogP contribution in [0.5, 0.6) is 0 Å². The van der Waals surface area contributed by atoms with Crippen molar-refractivity contribution in [1.29, 1.82) is 0 Å². The molecule has 0 fully saturated rings. The largest absolute Gasteiger partial charge is 0.480 e. The minimum atomic E-state index is -0.743. The van der Waals surface area contributed by atoms with Crippen molar-refractivity contribution in [2.45, 2.75) is 38.6 Å². The van der Waals surface area contributed by atoms with Crippen molar-refractivity contribution >= 4 is 5.97 Å². The summed E-state index contributed by atoms with van der Waals surface area (Å²) in [7, 11) is 0. The van der Waals surface area contributed by atoms with Crippen LogP contribution in [0.1, 0.15) is 49.8 Å². The van der Waals surface area contributed by atoms with E-state index in [9.17, 15) is 4.79 Å². The first-order valence-electron chi connectivity index (χ1n) is 6.68. The van der Waals surface area contributed by atoms with Crippen molar-refractivity contribution in [2.75, 3.05) is 13.1 Å². The zero-order chi connectivity index (χ0) is 13.1. The van der Waals surface area contributed by atoms with Crippen molar-refractivity contribution in [3.63, 3.8) is 0 Å². The quantitative estimate of drug-likeness (QED) is 0.889. The van der Waals surface area contributed by atoms with Crippen molar-refractivity contribution in [2.24, 2.45) is 0 Å². The van der Waals surface area contributed by atoms with Gasteiger partial charge in [-0.2, -0.15) is 0 Å². The average Bonchev–Trinajstić information content (AvgIpc) is 2.37. The molecule has 0 saturated carbocycles. The van der Waals surface area contributed by atoms with Gasteiger partial charge in [0.05, 0.1) is 6.54 Å². The van der Waals surface area contributed by atoms with Crippen molar-refractivity contribution in [3.8, 4) is 0 Å². The molecule has 1 N–H and O–H groups in total. The summed E-state index contributed by atoms with van der Waals surface area (Å²) < 4.78 is 0. The van der Waals surface area contributed by atoms with E-state index >= 15 is 0 Å². The molecule has 98 valence electrons. The fourth-order valence-corrected chi connectivity index (χ4v) is 2.98. The van der Waals surface area contributed by atoms with Gasteiger partial charge >= 0.3 is 5.97 Å². The van der Waals surface area contributed by atoms with Gasteiger partial charge in [-0.1, -0.05) is 38.1 Å². The van der Waals surface area contributed by atoms with Crippen LogP contribution < -0.4 is 0 Å². The summed E-state index contributed by atoms with van der Waals surface area (Å²) in [4.78, 5) is 13.0. The Morgan fingerprint density at radius 2 is 2.00 bits per heavy atom. The number of benzene rings is 1. The smallest absolute Gasteiger partial charge is 0.317 e. The maximum absolute atomic E-state index is 10.9. The Hall–Kier alpha value is -1.35. The lowest BCUT2D eigenvalue weighted by atomic mass is 9.80. The van der Waals surface area contributed by atoms with E-state index in [2.05, 4.69) is 36.1 Å². The van der Waals surface area contributed by atoms with Crippen LogP contribution in [0, 0.1) is 0 Å². The Labute approximate surface area is 108 Å². The molecule has 3 heteroatoms. The predicted molar refractivity (Wildman–Crippen MR) is 71.7 cm³/mol. The van der Waals surface area contributed by atoms with E-state index < -0.39 is 5.97 Å². The summed E-state index contributed by atoms with van der Waals surface area (Å²) in [5.74, 6) is -0.158. The van der Waals surface area contributed by atoms with Crippen LogP contribution in [0.25, 0.3) is 0 Å². The standard InChI is InChI=1S/C15H21NO2/c1-3-16(10-15(17)18)14-9-8-11(2)12-6-4-5-7-13(12)14/h4-7,11,14H,3,8-10H2,1-2H3,(H,17,18). The highest BCUT2D eigenvalue weighted by atomic mass is 16.4. The summed E-state index contributed by atoms with van der Waals surface area (Å²) in [6.45, 7) is 5.19. The highest BCUT2D eigenvalue weighted by Crippen LogP contribution is 2.39. The summed E-state index contributed by atoms with van der Waals surface area (Å²) in [5, 5.41) is 9.00. The predicted octanol–water partition coefficient (Wildman–Crippen LogP) is 3.03. The van der Waals surface area contributed by atoms with Gasteiger partial charge in [0.1, 0.15) is 0 Å². The van der Waals surface area contributed by atoms with Gasteiger partial charge in [-0.05, 0) is 36.4 Å². The summed E-state index contributed by atoms with van der Waals surface area (Å²) in [5.41, 5.74) is 2.71. The second kappa shape index (κ2) is 5.53. The molecule has 1 aromatic carbocycles. The first-order valence-corrected chi connectivity index (χ1v) is 6.68. The second-order valence-electron chi connectivity index (χ2n) is 5.08. The third-order valence-corrected chi connectivity index (χ3v) is 3.94. The molecule has 0 heterocycles. The molecule has 1 aromatic rings. The molecule has 1 aliphatic carbocycles. The van der Waals surface area contributed by atoms with E-state index in [-0.39, 0.29) is 12.6 Å². The van der Waals surface area contributed by atoms with E-state index in [1.165, 1.54) is 11.1 Å². The van der Waals surface area contributed by atoms with E-state index in [0.29, 0.717) is 5.92 Å². The molecular weight excluding hydrogens is 226 g/mol. The van der Waals surface area contributed by atoms with Gasteiger partial charge in [-0.25, -0.2) is 0 Å². The lowest BCUT2D eigenvalue weighted by Crippen LogP contribution is -2.35. The van der Waals surface area contributed by atoms with Gasteiger partial charge in [-0.3, -0.25) is 9.69 Å². The van der Waals surface area contributed by atoms with Crippen LogP contribution >= 0.6 is 0 Å². The van der Waals surface area contributed by atoms with E-state index in [0.717, 1.165) is 19.4 Å². The van der Waals surface area contributed by atoms with Crippen molar-refractivity contribution in [1.82, 2.24) is 4.90 Å². The fourth-order valence-electron chi connectivity index (χ4n) is 2.98. The molecule has 3 nitrogen and oxygen atoms in total. The number of hydrogen-bond acceptors (Lipinski definition) is 2. The fraction of sp³-hybridized carbons (Fsp3) is 0.533. The highest BCUT2D eigenvalue weighted by Gasteiger charge is 2.28. The van der Waals surface area contributed by atoms with Crippen LogP contribution in [0.3, 0.4) is 0 Å². The minimum Gasteiger partial charge on any atom is -0.480 e. The lowest BCUT2D eigenvalue weighted by molar-refractivity contribution is -0.139. The molecular formula is C15H21NO2. The van der Waals surface area contributed by atoms with Crippen LogP contribution in [0.2, 0.25) is 0 Å². The average molecular weight is 247 g/mol.